The normalized spacial score (nSPS) is 17.4. The maximum atomic E-state index is 12.4. The van der Waals surface area contributed by atoms with Gasteiger partial charge < -0.3 is 4.90 Å². The van der Waals surface area contributed by atoms with Crippen LogP contribution in [0.15, 0.2) is 24.3 Å². The number of Topliss-reactive ketones (excluding diaryl/α,β-unsaturated/α-hetero) is 1. The summed E-state index contributed by atoms with van der Waals surface area (Å²) in [7, 11) is 1.70. The second kappa shape index (κ2) is 4.92. The number of rotatable bonds is 4. The van der Waals surface area contributed by atoms with Crippen molar-refractivity contribution in [3.8, 4) is 0 Å². The molecule has 0 atom stereocenters. The molecule has 2 rings (SSSR count). The van der Waals surface area contributed by atoms with Gasteiger partial charge in [0.25, 0.3) is 0 Å². The predicted octanol–water partition coefficient (Wildman–Crippen LogP) is 3.04. The van der Waals surface area contributed by atoms with Crippen molar-refractivity contribution in [1.82, 2.24) is 0 Å². The maximum Gasteiger partial charge on any atom is 0.213 e. The first-order valence-corrected chi connectivity index (χ1v) is 6.40. The average Bonchev–Trinajstić information content (AvgIpc) is 2.85. The molecule has 0 aromatic heterocycles. The van der Waals surface area contributed by atoms with E-state index < -0.39 is 0 Å². The first-order chi connectivity index (χ1) is 8.57. The molecular formula is C15H19NO2. The van der Waals surface area contributed by atoms with Crippen LogP contribution in [0.3, 0.4) is 0 Å². The molecule has 3 nitrogen and oxygen atoms in total. The van der Waals surface area contributed by atoms with Crippen molar-refractivity contribution in [1.29, 1.82) is 0 Å². The molecule has 1 amide bonds. The highest BCUT2D eigenvalue weighted by Gasteiger charge is 2.36. The molecule has 0 heterocycles. The minimum absolute atomic E-state index is 0.182. The third-order valence-electron chi connectivity index (χ3n) is 3.95. The first kappa shape index (κ1) is 12.8. The Morgan fingerprint density at radius 2 is 1.78 bits per heavy atom. The van der Waals surface area contributed by atoms with Gasteiger partial charge in [-0.2, -0.15) is 0 Å². The summed E-state index contributed by atoms with van der Waals surface area (Å²) in [6.45, 7) is 2.06. The molecule has 18 heavy (non-hydrogen) atoms. The zero-order chi connectivity index (χ0) is 13.2. The van der Waals surface area contributed by atoms with Gasteiger partial charge in [-0.3, -0.25) is 9.59 Å². The van der Waals surface area contributed by atoms with E-state index in [-0.39, 0.29) is 11.2 Å². The number of amides is 1. The van der Waals surface area contributed by atoms with Crippen molar-refractivity contribution < 1.29 is 9.59 Å². The van der Waals surface area contributed by atoms with Crippen LogP contribution in [0.5, 0.6) is 0 Å². The Kier molecular flexibility index (Phi) is 3.50. The Morgan fingerprint density at radius 1 is 1.22 bits per heavy atom. The number of nitrogens with zero attached hydrogens (tertiary/aromatic N) is 1. The molecule has 0 bridgehead atoms. The van der Waals surface area contributed by atoms with Gasteiger partial charge in [-0.05, 0) is 37.1 Å². The first-order valence-electron chi connectivity index (χ1n) is 6.40. The lowest BCUT2D eigenvalue weighted by atomic mass is 9.81. The lowest BCUT2D eigenvalue weighted by molar-refractivity contribution is -0.107. The van der Waals surface area contributed by atoms with E-state index in [4.69, 9.17) is 0 Å². The SMILES string of the molecule is CN(C=O)c1ccc(C(=O)C2(C)CCCC2)cc1. The van der Waals surface area contributed by atoms with Crippen molar-refractivity contribution >= 4 is 17.9 Å². The van der Waals surface area contributed by atoms with E-state index in [0.717, 1.165) is 43.3 Å². The van der Waals surface area contributed by atoms with Gasteiger partial charge in [0.15, 0.2) is 5.78 Å². The number of hydrogen-bond acceptors (Lipinski definition) is 2. The van der Waals surface area contributed by atoms with Crippen LogP contribution < -0.4 is 4.90 Å². The molecule has 0 radical (unpaired) electrons. The molecule has 1 aromatic rings. The van der Waals surface area contributed by atoms with Crippen LogP contribution in [0, 0.1) is 5.41 Å². The summed E-state index contributed by atoms with van der Waals surface area (Å²) < 4.78 is 0. The van der Waals surface area contributed by atoms with E-state index in [2.05, 4.69) is 6.92 Å². The number of anilines is 1. The summed E-state index contributed by atoms with van der Waals surface area (Å²) in [5, 5.41) is 0. The minimum atomic E-state index is -0.182. The van der Waals surface area contributed by atoms with E-state index in [0.29, 0.717) is 0 Å². The lowest BCUT2D eigenvalue weighted by Gasteiger charge is -2.22. The van der Waals surface area contributed by atoms with Gasteiger partial charge in [0.05, 0.1) is 0 Å². The van der Waals surface area contributed by atoms with Crippen LogP contribution >= 0.6 is 0 Å². The van der Waals surface area contributed by atoms with E-state index in [1.54, 1.807) is 7.05 Å². The highest BCUT2D eigenvalue weighted by atomic mass is 16.1. The monoisotopic (exact) mass is 245 g/mol. The average molecular weight is 245 g/mol. The van der Waals surface area contributed by atoms with E-state index >= 15 is 0 Å². The molecule has 0 spiro atoms. The highest BCUT2D eigenvalue weighted by Crippen LogP contribution is 2.40. The molecule has 1 aromatic carbocycles. The van der Waals surface area contributed by atoms with Crippen LogP contribution in [0.4, 0.5) is 5.69 Å². The smallest absolute Gasteiger partial charge is 0.213 e. The highest BCUT2D eigenvalue weighted by molar-refractivity contribution is 6.00. The van der Waals surface area contributed by atoms with Crippen LogP contribution in [-0.4, -0.2) is 19.2 Å². The predicted molar refractivity (Wildman–Crippen MR) is 71.8 cm³/mol. The molecule has 1 fully saturated rings. The Balaban J connectivity index is 2.19. The largest absolute Gasteiger partial charge is 0.318 e. The van der Waals surface area contributed by atoms with Crippen molar-refractivity contribution in [3.05, 3.63) is 29.8 Å². The quantitative estimate of drug-likeness (QED) is 0.604. The summed E-state index contributed by atoms with van der Waals surface area (Å²) in [5.74, 6) is 0.236. The molecule has 0 aliphatic heterocycles. The number of ketones is 1. The van der Waals surface area contributed by atoms with Crippen LogP contribution in [-0.2, 0) is 4.79 Å². The Labute approximate surface area is 108 Å². The van der Waals surface area contributed by atoms with Gasteiger partial charge in [-0.15, -0.1) is 0 Å². The summed E-state index contributed by atoms with van der Waals surface area (Å²) in [6.07, 6.45) is 5.03. The van der Waals surface area contributed by atoms with Crippen molar-refractivity contribution in [3.63, 3.8) is 0 Å². The Morgan fingerprint density at radius 3 is 2.28 bits per heavy atom. The summed E-state index contributed by atoms with van der Waals surface area (Å²) >= 11 is 0. The summed E-state index contributed by atoms with van der Waals surface area (Å²) in [5.41, 5.74) is 1.37. The fourth-order valence-corrected chi connectivity index (χ4v) is 2.64. The molecule has 1 saturated carbocycles. The topological polar surface area (TPSA) is 37.4 Å². The zero-order valence-corrected chi connectivity index (χ0v) is 11.0. The van der Waals surface area contributed by atoms with Crippen molar-refractivity contribution in [2.75, 3.05) is 11.9 Å². The molecular weight excluding hydrogens is 226 g/mol. The third kappa shape index (κ3) is 2.30. The molecule has 1 aliphatic carbocycles. The zero-order valence-electron chi connectivity index (χ0n) is 11.0. The number of benzene rings is 1. The van der Waals surface area contributed by atoms with E-state index in [9.17, 15) is 9.59 Å². The fraction of sp³-hybridized carbons (Fsp3) is 0.467. The van der Waals surface area contributed by atoms with Gasteiger partial charge >= 0.3 is 0 Å². The molecule has 3 heteroatoms. The number of carbonyl (C=O) groups excluding carboxylic acids is 2. The molecule has 0 unspecified atom stereocenters. The molecule has 0 saturated heterocycles. The standard InChI is InChI=1S/C15H19NO2/c1-15(9-3-4-10-15)14(18)12-5-7-13(8-6-12)16(2)11-17/h5-8,11H,3-4,9-10H2,1-2H3. The Hall–Kier alpha value is -1.64. The van der Waals surface area contributed by atoms with Crippen LogP contribution in [0.1, 0.15) is 43.0 Å². The van der Waals surface area contributed by atoms with Gasteiger partial charge in [-0.25, -0.2) is 0 Å². The Bertz CT molecular complexity index is 444. The maximum absolute atomic E-state index is 12.4. The molecule has 1 aliphatic rings. The van der Waals surface area contributed by atoms with Crippen LogP contribution in [0.2, 0.25) is 0 Å². The third-order valence-corrected chi connectivity index (χ3v) is 3.95. The van der Waals surface area contributed by atoms with Crippen molar-refractivity contribution in [2.24, 2.45) is 5.41 Å². The summed E-state index contributed by atoms with van der Waals surface area (Å²) in [4.78, 5) is 24.6. The van der Waals surface area contributed by atoms with Gasteiger partial charge in [-0.1, -0.05) is 19.8 Å². The van der Waals surface area contributed by atoms with Gasteiger partial charge in [0, 0.05) is 23.7 Å². The minimum Gasteiger partial charge on any atom is -0.318 e. The van der Waals surface area contributed by atoms with Gasteiger partial charge in [0.1, 0.15) is 0 Å². The second-order valence-electron chi connectivity index (χ2n) is 5.36. The fourth-order valence-electron chi connectivity index (χ4n) is 2.64. The lowest BCUT2D eigenvalue weighted by Crippen LogP contribution is -2.24. The van der Waals surface area contributed by atoms with Gasteiger partial charge in [0.2, 0.25) is 6.41 Å². The van der Waals surface area contributed by atoms with Crippen LogP contribution in [0.25, 0.3) is 0 Å². The summed E-state index contributed by atoms with van der Waals surface area (Å²) in [6, 6.07) is 7.28. The molecule has 96 valence electrons. The second-order valence-corrected chi connectivity index (χ2v) is 5.36. The van der Waals surface area contributed by atoms with Crippen molar-refractivity contribution in [2.45, 2.75) is 32.6 Å². The number of hydrogen-bond donors (Lipinski definition) is 0. The van der Waals surface area contributed by atoms with E-state index in [1.165, 1.54) is 4.90 Å². The molecule has 0 N–H and O–H groups in total. The van der Waals surface area contributed by atoms with E-state index in [1.807, 2.05) is 24.3 Å². The number of carbonyl (C=O) groups is 2.